The third-order valence-electron chi connectivity index (χ3n) is 5.65. The molecule has 0 aliphatic rings. The maximum Gasteiger partial charge on any atom is 0.120 e. The van der Waals surface area contributed by atoms with Crippen LogP contribution in [-0.4, -0.2) is 16.7 Å². The van der Waals surface area contributed by atoms with Crippen molar-refractivity contribution in [3.05, 3.63) is 110 Å². The average molecular weight is 402 g/mol. The molecule has 2 aromatic heterocycles. The number of hydrogen-bond donors (Lipinski definition) is 0. The summed E-state index contributed by atoms with van der Waals surface area (Å²) in [6, 6.07) is 27.2. The summed E-state index contributed by atoms with van der Waals surface area (Å²) in [5, 5.41) is 1.16. The van der Waals surface area contributed by atoms with Gasteiger partial charge in [-0.25, -0.2) is 0 Å². The number of benzene rings is 3. The van der Waals surface area contributed by atoms with Gasteiger partial charge in [0.25, 0.3) is 0 Å². The minimum absolute atomic E-state index is 0.799. The van der Waals surface area contributed by atoms with Gasteiger partial charge in [0.1, 0.15) is 5.75 Å². The van der Waals surface area contributed by atoms with Gasteiger partial charge < -0.3 is 9.30 Å². The van der Waals surface area contributed by atoms with Gasteiger partial charge in [0.05, 0.1) is 23.7 Å². The van der Waals surface area contributed by atoms with E-state index in [4.69, 9.17) is 4.74 Å². The molecule has 2 heterocycles. The molecule has 0 saturated heterocycles. The normalized spacial score (nSPS) is 11.0. The van der Waals surface area contributed by atoms with Crippen molar-refractivity contribution in [3.63, 3.8) is 0 Å². The van der Waals surface area contributed by atoms with Crippen LogP contribution < -0.4 is 4.74 Å². The molecular formula is C28H22N2O. The highest BCUT2D eigenvalue weighted by atomic mass is 16.5. The summed E-state index contributed by atoms with van der Waals surface area (Å²) in [5.41, 5.74) is 8.42. The zero-order chi connectivity index (χ0) is 21.4. The summed E-state index contributed by atoms with van der Waals surface area (Å²) in [6.45, 7) is 7.91. The average Bonchev–Trinajstić information content (AvgIpc) is 3.18. The van der Waals surface area contributed by atoms with E-state index in [0.29, 0.717) is 0 Å². The first-order valence-corrected chi connectivity index (χ1v) is 10.2. The molecule has 31 heavy (non-hydrogen) atoms. The van der Waals surface area contributed by atoms with Crippen molar-refractivity contribution >= 4 is 27.5 Å². The third-order valence-corrected chi connectivity index (χ3v) is 5.65. The van der Waals surface area contributed by atoms with E-state index >= 15 is 0 Å². The maximum atomic E-state index is 5.50. The van der Waals surface area contributed by atoms with Gasteiger partial charge in [-0.3, -0.25) is 4.98 Å². The Bertz CT molecular complexity index is 1390. The van der Waals surface area contributed by atoms with Crippen LogP contribution in [0.3, 0.4) is 0 Å². The minimum Gasteiger partial charge on any atom is -0.497 e. The molecule has 3 nitrogen and oxygen atoms in total. The van der Waals surface area contributed by atoms with Crippen molar-refractivity contribution in [2.75, 3.05) is 7.11 Å². The number of allylic oxidation sites excluding steroid dienone is 2. The summed E-state index contributed by atoms with van der Waals surface area (Å²) < 4.78 is 7.77. The Kier molecular flexibility index (Phi) is 4.64. The van der Waals surface area contributed by atoms with Crippen LogP contribution in [0.5, 0.6) is 5.75 Å². The van der Waals surface area contributed by atoms with Gasteiger partial charge in [0.2, 0.25) is 0 Å². The molecule has 0 aliphatic heterocycles. The van der Waals surface area contributed by atoms with E-state index in [9.17, 15) is 0 Å². The summed E-state index contributed by atoms with van der Waals surface area (Å²) in [5.74, 6) is 0.799. The van der Waals surface area contributed by atoms with Gasteiger partial charge in [0.15, 0.2) is 0 Å². The van der Waals surface area contributed by atoms with Crippen molar-refractivity contribution < 1.29 is 4.74 Å². The number of hydrogen-bond acceptors (Lipinski definition) is 2. The second-order valence-electron chi connectivity index (χ2n) is 7.45. The summed E-state index contributed by atoms with van der Waals surface area (Å²) in [4.78, 5) is 4.62. The molecule has 0 spiro atoms. The lowest BCUT2D eigenvalue weighted by Crippen LogP contribution is -1.94. The molecule has 0 saturated carbocycles. The van der Waals surface area contributed by atoms with Crippen molar-refractivity contribution in [1.29, 1.82) is 0 Å². The number of ether oxygens (including phenoxy) is 1. The molecule has 0 unspecified atom stereocenters. The van der Waals surface area contributed by atoms with E-state index < -0.39 is 0 Å². The highest BCUT2D eigenvalue weighted by Gasteiger charge is 2.12. The van der Waals surface area contributed by atoms with Crippen LogP contribution in [0.1, 0.15) is 5.56 Å². The predicted molar refractivity (Wildman–Crippen MR) is 130 cm³/mol. The van der Waals surface area contributed by atoms with Gasteiger partial charge in [-0.1, -0.05) is 49.6 Å². The quantitative estimate of drug-likeness (QED) is 0.294. The van der Waals surface area contributed by atoms with Crippen LogP contribution in [-0.2, 0) is 0 Å². The van der Waals surface area contributed by atoms with Crippen LogP contribution in [0.15, 0.2) is 104 Å². The van der Waals surface area contributed by atoms with Crippen LogP contribution in [0.4, 0.5) is 0 Å². The molecule has 0 N–H and O–H groups in total. The molecule has 0 atom stereocenters. The monoisotopic (exact) mass is 402 g/mol. The number of nitrogens with zero attached hydrogens (tertiary/aromatic N) is 2. The molecule has 0 amide bonds. The molecule has 5 aromatic rings. The number of rotatable bonds is 5. The molecule has 3 heteroatoms. The Morgan fingerprint density at radius 3 is 2.45 bits per heavy atom. The van der Waals surface area contributed by atoms with E-state index in [1.54, 1.807) is 13.2 Å². The highest BCUT2D eigenvalue weighted by molar-refractivity contribution is 6.06. The highest BCUT2D eigenvalue weighted by Crippen LogP contribution is 2.33. The largest absolute Gasteiger partial charge is 0.497 e. The molecule has 3 aromatic carbocycles. The Balaban J connectivity index is 1.64. The van der Waals surface area contributed by atoms with E-state index in [0.717, 1.165) is 55.6 Å². The molecule has 0 radical (unpaired) electrons. The molecule has 150 valence electrons. The van der Waals surface area contributed by atoms with E-state index in [-0.39, 0.29) is 0 Å². The summed E-state index contributed by atoms with van der Waals surface area (Å²) in [6.07, 6.45) is 3.61. The van der Waals surface area contributed by atoms with Gasteiger partial charge in [0, 0.05) is 17.3 Å². The standard InChI is InChI=1S/C28H22N2O/c1-4-19(2)21-16-22(18-24(17-21)31-3)20-11-13-23(14-12-20)30-26-9-6-5-8-25(26)28-27(30)10-7-15-29-28/h4-18H,1-2H2,3H3. The predicted octanol–water partition coefficient (Wildman–Crippen LogP) is 7.05. The van der Waals surface area contributed by atoms with E-state index in [1.165, 1.54) is 0 Å². The fraction of sp³-hybridized carbons (Fsp3) is 0.0357. The topological polar surface area (TPSA) is 27.1 Å². The third kappa shape index (κ3) is 3.21. The lowest BCUT2D eigenvalue weighted by atomic mass is 9.99. The Morgan fingerprint density at radius 1 is 0.903 bits per heavy atom. The van der Waals surface area contributed by atoms with Crippen molar-refractivity contribution in [2.24, 2.45) is 0 Å². The molecule has 5 rings (SSSR count). The second-order valence-corrected chi connectivity index (χ2v) is 7.45. The number of methoxy groups -OCH3 is 1. The number of fused-ring (bicyclic) bond motifs is 3. The van der Waals surface area contributed by atoms with E-state index in [2.05, 4.69) is 83.4 Å². The lowest BCUT2D eigenvalue weighted by molar-refractivity contribution is 0.415. The Morgan fingerprint density at radius 2 is 1.68 bits per heavy atom. The fourth-order valence-corrected chi connectivity index (χ4v) is 4.05. The molecule has 0 bridgehead atoms. The first-order chi connectivity index (χ1) is 15.2. The van der Waals surface area contributed by atoms with Gasteiger partial charge >= 0.3 is 0 Å². The molecular weight excluding hydrogens is 380 g/mol. The first-order valence-electron chi connectivity index (χ1n) is 10.2. The van der Waals surface area contributed by atoms with Crippen molar-refractivity contribution in [1.82, 2.24) is 9.55 Å². The zero-order valence-electron chi connectivity index (χ0n) is 17.4. The van der Waals surface area contributed by atoms with Crippen LogP contribution >= 0.6 is 0 Å². The second kappa shape index (κ2) is 7.62. The van der Waals surface area contributed by atoms with Crippen molar-refractivity contribution in [2.45, 2.75) is 0 Å². The molecule has 0 aliphatic carbocycles. The first kappa shape index (κ1) is 18.9. The van der Waals surface area contributed by atoms with Crippen LogP contribution in [0.2, 0.25) is 0 Å². The molecule has 0 fully saturated rings. The van der Waals surface area contributed by atoms with Crippen LogP contribution in [0.25, 0.3) is 44.3 Å². The van der Waals surface area contributed by atoms with Crippen LogP contribution in [0, 0.1) is 0 Å². The number of aromatic nitrogens is 2. The number of para-hydroxylation sites is 1. The summed E-state index contributed by atoms with van der Waals surface area (Å²) in [7, 11) is 1.68. The number of pyridine rings is 1. The Labute approximate surface area is 181 Å². The summed E-state index contributed by atoms with van der Waals surface area (Å²) >= 11 is 0. The minimum atomic E-state index is 0.799. The van der Waals surface area contributed by atoms with Gasteiger partial charge in [-0.2, -0.15) is 0 Å². The SMILES string of the molecule is C=CC(=C)c1cc(OC)cc(-c2ccc(-n3c4ccccc4c4ncccc43)cc2)c1. The van der Waals surface area contributed by atoms with Crippen molar-refractivity contribution in [3.8, 4) is 22.6 Å². The smallest absolute Gasteiger partial charge is 0.120 e. The van der Waals surface area contributed by atoms with Gasteiger partial charge in [-0.15, -0.1) is 0 Å². The maximum absolute atomic E-state index is 5.50. The van der Waals surface area contributed by atoms with Gasteiger partial charge in [-0.05, 0) is 70.8 Å². The Hall–Kier alpha value is -4.11. The lowest BCUT2D eigenvalue weighted by Gasteiger charge is -2.12. The fourth-order valence-electron chi connectivity index (χ4n) is 4.05. The zero-order valence-corrected chi connectivity index (χ0v) is 17.4. The van der Waals surface area contributed by atoms with E-state index in [1.807, 2.05) is 24.4 Å².